The van der Waals surface area contributed by atoms with Crippen LogP contribution in [0, 0.1) is 5.92 Å². The summed E-state index contributed by atoms with van der Waals surface area (Å²) in [6.45, 7) is 13.6. The van der Waals surface area contributed by atoms with Gasteiger partial charge in [-0.3, -0.25) is 0 Å². The van der Waals surface area contributed by atoms with E-state index in [1.807, 2.05) is 0 Å². The minimum Gasteiger partial charge on any atom is -0.326 e. The summed E-state index contributed by atoms with van der Waals surface area (Å²) in [5.41, 5.74) is 0. The third-order valence-electron chi connectivity index (χ3n) is 5.58. The molecule has 0 spiro atoms. The first-order valence-electron chi connectivity index (χ1n) is 11.4. The van der Waals surface area contributed by atoms with E-state index < -0.39 is 0 Å². The summed E-state index contributed by atoms with van der Waals surface area (Å²) in [4.78, 5) is 0. The van der Waals surface area contributed by atoms with Gasteiger partial charge in [0.1, 0.15) is 0 Å². The number of quaternary nitrogens is 1. The molecule has 0 radical (unpaired) electrons. The maximum atomic E-state index is 2.54. The third-order valence-corrected chi connectivity index (χ3v) is 5.58. The molecule has 0 atom stereocenters. The Morgan fingerprint density at radius 3 is 1.33 bits per heavy atom. The molecule has 0 aromatic carbocycles. The minimum atomic E-state index is 0.863. The van der Waals surface area contributed by atoms with Gasteiger partial charge in [-0.1, -0.05) is 79.1 Å². The van der Waals surface area contributed by atoms with Crippen molar-refractivity contribution in [2.75, 3.05) is 26.7 Å². The summed E-state index contributed by atoms with van der Waals surface area (Å²) >= 11 is 0. The van der Waals surface area contributed by atoms with Crippen molar-refractivity contribution in [2.24, 2.45) is 5.92 Å². The first-order chi connectivity index (χ1) is 11.5. The molecule has 0 saturated heterocycles. The average molecular weight is 341 g/mol. The highest BCUT2D eigenvalue weighted by Gasteiger charge is 2.20. The van der Waals surface area contributed by atoms with Gasteiger partial charge >= 0.3 is 0 Å². The van der Waals surface area contributed by atoms with Crippen LogP contribution in [0.15, 0.2) is 0 Å². The molecule has 0 amide bonds. The number of hydrogen-bond donors (Lipinski definition) is 0. The Kier molecular flexibility index (Phi) is 16.4. The van der Waals surface area contributed by atoms with Crippen molar-refractivity contribution in [3.05, 3.63) is 0 Å². The summed E-state index contributed by atoms with van der Waals surface area (Å²) < 4.78 is 1.34. The minimum absolute atomic E-state index is 0.863. The maximum Gasteiger partial charge on any atom is 0.0784 e. The van der Waals surface area contributed by atoms with Crippen molar-refractivity contribution in [3.63, 3.8) is 0 Å². The maximum absolute atomic E-state index is 2.54. The monoisotopic (exact) mass is 340 g/mol. The second-order valence-corrected chi connectivity index (χ2v) is 8.86. The lowest BCUT2D eigenvalue weighted by molar-refractivity contribution is -0.910. The molecule has 146 valence electrons. The topological polar surface area (TPSA) is 0 Å². The molecule has 1 heteroatoms. The molecule has 0 unspecified atom stereocenters. The van der Waals surface area contributed by atoms with Gasteiger partial charge in [-0.25, -0.2) is 0 Å². The largest absolute Gasteiger partial charge is 0.326 e. The summed E-state index contributed by atoms with van der Waals surface area (Å²) in [7, 11) is 2.54. The molecule has 0 aromatic heterocycles. The van der Waals surface area contributed by atoms with Crippen molar-refractivity contribution in [1.29, 1.82) is 0 Å². The Morgan fingerprint density at radius 1 is 0.542 bits per heavy atom. The van der Waals surface area contributed by atoms with E-state index in [1.165, 1.54) is 114 Å². The molecule has 0 saturated carbocycles. The molecule has 0 aliphatic heterocycles. The molecular formula is C23H50N+. The SMILES string of the molecule is CCCCCCCC[N+](C)(CCCCCCCC)CCCC(C)C. The highest BCUT2D eigenvalue weighted by atomic mass is 15.3. The smallest absolute Gasteiger partial charge is 0.0784 e. The summed E-state index contributed by atoms with van der Waals surface area (Å²) in [5, 5.41) is 0. The number of rotatable bonds is 18. The lowest BCUT2D eigenvalue weighted by atomic mass is 10.1. The van der Waals surface area contributed by atoms with Gasteiger partial charge in [0, 0.05) is 0 Å². The lowest BCUT2D eigenvalue weighted by Gasteiger charge is -2.35. The van der Waals surface area contributed by atoms with Gasteiger partial charge in [0.25, 0.3) is 0 Å². The van der Waals surface area contributed by atoms with Gasteiger partial charge in [0.15, 0.2) is 0 Å². The fourth-order valence-corrected chi connectivity index (χ4v) is 3.76. The quantitative estimate of drug-likeness (QED) is 0.178. The van der Waals surface area contributed by atoms with Gasteiger partial charge in [0.05, 0.1) is 26.7 Å². The third kappa shape index (κ3) is 15.5. The Balaban J connectivity index is 4.03. The molecule has 0 aromatic rings. The molecule has 0 aliphatic rings. The summed E-state index contributed by atoms with van der Waals surface area (Å²) in [5.74, 6) is 0.863. The van der Waals surface area contributed by atoms with Crippen LogP contribution < -0.4 is 0 Å². The zero-order valence-corrected chi connectivity index (χ0v) is 18.0. The van der Waals surface area contributed by atoms with Gasteiger partial charge in [0.2, 0.25) is 0 Å². The van der Waals surface area contributed by atoms with E-state index >= 15 is 0 Å². The van der Waals surface area contributed by atoms with Crippen molar-refractivity contribution in [2.45, 2.75) is 118 Å². The van der Waals surface area contributed by atoms with E-state index in [2.05, 4.69) is 34.7 Å². The molecule has 0 aliphatic carbocycles. The van der Waals surface area contributed by atoms with Crippen LogP contribution in [0.25, 0.3) is 0 Å². The molecule has 0 rings (SSSR count). The fourth-order valence-electron chi connectivity index (χ4n) is 3.76. The lowest BCUT2D eigenvalue weighted by Crippen LogP contribution is -2.46. The van der Waals surface area contributed by atoms with Crippen LogP contribution in [0.2, 0.25) is 0 Å². The van der Waals surface area contributed by atoms with Gasteiger partial charge < -0.3 is 4.48 Å². The summed E-state index contributed by atoms with van der Waals surface area (Å²) in [6, 6.07) is 0. The molecule has 0 N–H and O–H groups in total. The van der Waals surface area contributed by atoms with Crippen molar-refractivity contribution < 1.29 is 4.48 Å². The molecule has 0 bridgehead atoms. The van der Waals surface area contributed by atoms with Gasteiger partial charge in [-0.15, -0.1) is 0 Å². The molecule has 0 heterocycles. The van der Waals surface area contributed by atoms with Crippen LogP contribution in [0.1, 0.15) is 118 Å². The van der Waals surface area contributed by atoms with E-state index in [0.717, 1.165) is 5.92 Å². The van der Waals surface area contributed by atoms with Crippen LogP contribution in [0.5, 0.6) is 0 Å². The second kappa shape index (κ2) is 16.4. The number of nitrogens with zero attached hydrogens (tertiary/aromatic N) is 1. The van der Waals surface area contributed by atoms with E-state index in [4.69, 9.17) is 0 Å². The van der Waals surface area contributed by atoms with E-state index in [1.54, 1.807) is 0 Å². The van der Waals surface area contributed by atoms with E-state index in [0.29, 0.717) is 0 Å². The fraction of sp³-hybridized carbons (Fsp3) is 1.00. The van der Waals surface area contributed by atoms with Crippen LogP contribution in [-0.2, 0) is 0 Å². The van der Waals surface area contributed by atoms with Crippen molar-refractivity contribution in [3.8, 4) is 0 Å². The molecular weight excluding hydrogens is 290 g/mol. The first-order valence-corrected chi connectivity index (χ1v) is 11.4. The highest BCUT2D eigenvalue weighted by Crippen LogP contribution is 2.16. The van der Waals surface area contributed by atoms with Gasteiger partial charge in [-0.2, -0.15) is 0 Å². The van der Waals surface area contributed by atoms with Crippen LogP contribution in [0.3, 0.4) is 0 Å². The number of hydrogen-bond acceptors (Lipinski definition) is 0. The molecule has 0 fully saturated rings. The second-order valence-electron chi connectivity index (χ2n) is 8.86. The van der Waals surface area contributed by atoms with Crippen LogP contribution in [-0.4, -0.2) is 31.2 Å². The Morgan fingerprint density at radius 2 is 0.917 bits per heavy atom. The normalized spacial score (nSPS) is 12.2. The Labute approximate surface area is 155 Å². The van der Waals surface area contributed by atoms with Crippen LogP contribution >= 0.6 is 0 Å². The van der Waals surface area contributed by atoms with E-state index in [-0.39, 0.29) is 0 Å². The van der Waals surface area contributed by atoms with Crippen LogP contribution in [0.4, 0.5) is 0 Å². The van der Waals surface area contributed by atoms with E-state index in [9.17, 15) is 0 Å². The molecule has 24 heavy (non-hydrogen) atoms. The first kappa shape index (κ1) is 24.0. The Hall–Kier alpha value is -0.0400. The predicted molar refractivity (Wildman–Crippen MR) is 112 cm³/mol. The van der Waals surface area contributed by atoms with Crippen molar-refractivity contribution in [1.82, 2.24) is 0 Å². The summed E-state index contributed by atoms with van der Waals surface area (Å²) in [6.07, 6.45) is 20.0. The zero-order valence-electron chi connectivity index (χ0n) is 18.0. The standard InChI is InChI=1S/C23H50N/c1-6-8-10-12-14-16-20-24(5,22-18-19-23(3)4)21-17-15-13-11-9-7-2/h23H,6-22H2,1-5H3/q+1. The average Bonchev–Trinajstić information content (AvgIpc) is 2.54. The molecule has 1 nitrogen and oxygen atoms in total. The number of unbranched alkanes of at least 4 members (excludes halogenated alkanes) is 10. The zero-order chi connectivity index (χ0) is 18.1. The van der Waals surface area contributed by atoms with Crippen molar-refractivity contribution >= 4 is 0 Å². The highest BCUT2D eigenvalue weighted by molar-refractivity contribution is 4.51. The predicted octanol–water partition coefficient (Wildman–Crippen LogP) is 7.59. The Bertz CT molecular complexity index is 230. The van der Waals surface area contributed by atoms with Gasteiger partial charge in [-0.05, 0) is 44.4 Å².